The first-order chi connectivity index (χ1) is 22.4. The Morgan fingerprint density at radius 3 is 2.17 bits per heavy atom. The molecular weight excluding hydrogens is 583 g/mol. The van der Waals surface area contributed by atoms with Crippen molar-refractivity contribution in [3.8, 4) is 0 Å². The first kappa shape index (κ1) is 35.3. The molecule has 7 nitrogen and oxygen atoms in total. The van der Waals surface area contributed by atoms with Gasteiger partial charge in [0.2, 0.25) is 11.8 Å². The third-order valence-electron chi connectivity index (χ3n) is 8.87. The van der Waals surface area contributed by atoms with Crippen LogP contribution in [0.25, 0.3) is 11.0 Å². The third kappa shape index (κ3) is 11.4. The van der Waals surface area contributed by atoms with E-state index in [9.17, 15) is 18.8 Å². The van der Waals surface area contributed by atoms with E-state index in [0.29, 0.717) is 36.1 Å². The summed E-state index contributed by atoms with van der Waals surface area (Å²) < 4.78 is 25.2. The molecule has 0 bridgehead atoms. The second-order valence-electron chi connectivity index (χ2n) is 12.7. The minimum atomic E-state index is -0.368. The van der Waals surface area contributed by atoms with Gasteiger partial charge in [-0.15, -0.1) is 0 Å². The highest BCUT2D eigenvalue weighted by molar-refractivity contribution is 5.85. The second kappa shape index (κ2) is 19.2. The molecule has 1 aliphatic rings. The molecule has 2 aromatic carbocycles. The van der Waals surface area contributed by atoms with Crippen LogP contribution in [0, 0.1) is 5.82 Å². The zero-order valence-corrected chi connectivity index (χ0v) is 27.5. The maximum atomic E-state index is 13.9. The van der Waals surface area contributed by atoms with Crippen molar-refractivity contribution in [3.05, 3.63) is 82.0 Å². The van der Waals surface area contributed by atoms with Crippen LogP contribution in [0.2, 0.25) is 0 Å². The molecule has 250 valence electrons. The van der Waals surface area contributed by atoms with Crippen molar-refractivity contribution in [2.24, 2.45) is 0 Å². The number of hydrogen-bond acceptors (Lipinski definition) is 5. The molecule has 4 rings (SSSR count). The van der Waals surface area contributed by atoms with Crippen LogP contribution in [0.1, 0.15) is 108 Å². The second-order valence-corrected chi connectivity index (χ2v) is 12.7. The normalized spacial score (nSPS) is 14.5. The van der Waals surface area contributed by atoms with Crippen molar-refractivity contribution in [3.63, 3.8) is 0 Å². The first-order valence-corrected chi connectivity index (χ1v) is 17.4. The predicted molar refractivity (Wildman–Crippen MR) is 180 cm³/mol. The van der Waals surface area contributed by atoms with Crippen molar-refractivity contribution in [2.45, 2.75) is 116 Å². The largest absolute Gasteiger partial charge is 0.464 e. The number of fused-ring (bicyclic) bond motifs is 1. The Labute approximate surface area is 273 Å². The molecule has 8 heteroatoms. The van der Waals surface area contributed by atoms with Gasteiger partial charge in [0.25, 0.3) is 0 Å². The van der Waals surface area contributed by atoms with Gasteiger partial charge in [-0.05, 0) is 49.1 Å². The maximum Gasteiger partial charge on any atom is 0.242 e. The number of ether oxygens (including phenoxy) is 1. The summed E-state index contributed by atoms with van der Waals surface area (Å²) in [5.41, 5.74) is 1.33. The predicted octanol–water partition coefficient (Wildman–Crippen LogP) is 8.17. The highest BCUT2D eigenvalue weighted by Gasteiger charge is 2.27. The number of rotatable bonds is 20. The van der Waals surface area contributed by atoms with Gasteiger partial charge in [0.1, 0.15) is 11.4 Å². The Bertz CT molecular complexity index is 1420. The average molecular weight is 635 g/mol. The van der Waals surface area contributed by atoms with Crippen molar-refractivity contribution in [1.82, 2.24) is 9.80 Å². The summed E-state index contributed by atoms with van der Waals surface area (Å²) in [6.07, 6.45) is 16.7. The van der Waals surface area contributed by atoms with E-state index >= 15 is 0 Å². The molecule has 1 aromatic heterocycles. The van der Waals surface area contributed by atoms with Gasteiger partial charge in [-0.2, -0.15) is 0 Å². The third-order valence-corrected chi connectivity index (χ3v) is 8.87. The van der Waals surface area contributed by atoms with E-state index in [0.717, 1.165) is 37.7 Å². The monoisotopic (exact) mass is 634 g/mol. The Kier molecular flexibility index (Phi) is 14.8. The number of halogens is 1. The van der Waals surface area contributed by atoms with E-state index in [1.54, 1.807) is 46.2 Å². The van der Waals surface area contributed by atoms with E-state index in [-0.39, 0.29) is 48.8 Å². The lowest BCUT2D eigenvalue weighted by Crippen LogP contribution is -2.45. The van der Waals surface area contributed by atoms with Gasteiger partial charge in [0.05, 0.1) is 36.4 Å². The first-order valence-electron chi connectivity index (χ1n) is 17.4. The fourth-order valence-electron chi connectivity index (χ4n) is 6.13. The summed E-state index contributed by atoms with van der Waals surface area (Å²) in [4.78, 5) is 43.9. The van der Waals surface area contributed by atoms with Gasteiger partial charge in [-0.25, -0.2) is 4.39 Å². The van der Waals surface area contributed by atoms with Crippen LogP contribution in [-0.2, 0) is 27.4 Å². The van der Waals surface area contributed by atoms with Gasteiger partial charge >= 0.3 is 0 Å². The number of amides is 2. The molecule has 3 aromatic rings. The molecule has 0 radical (unpaired) electrons. The van der Waals surface area contributed by atoms with Gasteiger partial charge in [-0.1, -0.05) is 95.4 Å². The summed E-state index contributed by atoms with van der Waals surface area (Å²) in [6, 6.07) is 13.0. The molecule has 1 atom stereocenters. The van der Waals surface area contributed by atoms with E-state index < -0.39 is 0 Å². The number of nitrogens with zero attached hydrogens (tertiary/aromatic N) is 2. The molecule has 0 spiro atoms. The highest BCUT2D eigenvalue weighted by Crippen LogP contribution is 2.18. The Balaban J connectivity index is 1.38. The summed E-state index contributed by atoms with van der Waals surface area (Å²) in [5.74, 6) is -0.707. The van der Waals surface area contributed by atoms with E-state index in [4.69, 9.17) is 9.15 Å². The maximum absolute atomic E-state index is 13.9. The quantitative estimate of drug-likeness (QED) is 0.117. The van der Waals surface area contributed by atoms with Crippen LogP contribution in [-0.4, -0.2) is 47.4 Å². The molecular formula is C38H51FN2O5. The lowest BCUT2D eigenvalue weighted by molar-refractivity contribution is -0.142. The van der Waals surface area contributed by atoms with Crippen molar-refractivity contribution >= 4 is 22.8 Å². The average Bonchev–Trinajstić information content (AvgIpc) is 3.58. The molecule has 0 aliphatic carbocycles. The highest BCUT2D eigenvalue weighted by atomic mass is 19.1. The van der Waals surface area contributed by atoms with E-state index in [1.165, 1.54) is 69.8 Å². The lowest BCUT2D eigenvalue weighted by atomic mass is 10.0. The number of unbranched alkanes of at least 4 members (excludes halogenated alkanes) is 10. The number of para-hydroxylation sites is 1. The molecule has 2 heterocycles. The molecule has 0 saturated carbocycles. The molecule has 1 fully saturated rings. The molecule has 1 aliphatic heterocycles. The molecule has 2 amide bonds. The summed E-state index contributed by atoms with van der Waals surface area (Å²) in [7, 11) is 0. The number of carbonyl (C=O) groups is 2. The van der Waals surface area contributed by atoms with Crippen LogP contribution in [0.5, 0.6) is 0 Å². The minimum Gasteiger partial charge on any atom is -0.464 e. The Morgan fingerprint density at radius 2 is 1.50 bits per heavy atom. The SMILES string of the molecule is CCCCCCCCCCCCCC(=O)N(CC(=O)N(Cc1ccc(F)cc1)Cc1coc2ccccc2c1=O)CC1CCCO1. The van der Waals surface area contributed by atoms with Crippen LogP contribution >= 0.6 is 0 Å². The van der Waals surface area contributed by atoms with E-state index in [1.807, 2.05) is 0 Å². The molecule has 1 saturated heterocycles. The smallest absolute Gasteiger partial charge is 0.242 e. The topological polar surface area (TPSA) is 80.1 Å². The van der Waals surface area contributed by atoms with Crippen LogP contribution in [0.15, 0.2) is 64.0 Å². The minimum absolute atomic E-state index is 0.00391. The van der Waals surface area contributed by atoms with Crippen molar-refractivity contribution < 1.29 is 23.1 Å². The molecule has 0 N–H and O–H groups in total. The number of carbonyl (C=O) groups excluding carboxylic acids is 2. The standard InChI is InChI=1S/C38H51FN2O5/c1-2-3-4-5-6-7-8-9-10-11-12-19-36(42)41(27-33-16-15-24-45-33)28-37(43)40(25-30-20-22-32(39)23-21-30)26-31-29-46-35-18-14-13-17-34(35)38(31)44/h13-14,17-18,20-23,29,33H,2-12,15-16,19,24-28H2,1H3. The summed E-state index contributed by atoms with van der Waals surface area (Å²) >= 11 is 0. The Hall–Kier alpha value is -3.52. The fraction of sp³-hybridized carbons (Fsp3) is 0.553. The summed E-state index contributed by atoms with van der Waals surface area (Å²) in [6.45, 7) is 3.31. The van der Waals surface area contributed by atoms with Crippen molar-refractivity contribution in [2.75, 3.05) is 19.7 Å². The van der Waals surface area contributed by atoms with E-state index in [2.05, 4.69) is 6.92 Å². The van der Waals surface area contributed by atoms with Crippen LogP contribution < -0.4 is 5.43 Å². The fourth-order valence-corrected chi connectivity index (χ4v) is 6.13. The van der Waals surface area contributed by atoms with Gasteiger partial charge < -0.3 is 19.0 Å². The zero-order valence-electron chi connectivity index (χ0n) is 27.5. The summed E-state index contributed by atoms with van der Waals surface area (Å²) in [5, 5.41) is 0.441. The van der Waals surface area contributed by atoms with Gasteiger partial charge in [-0.3, -0.25) is 14.4 Å². The lowest BCUT2D eigenvalue weighted by Gasteiger charge is -2.29. The molecule has 1 unspecified atom stereocenters. The number of benzene rings is 2. The van der Waals surface area contributed by atoms with Gasteiger partial charge in [0.15, 0.2) is 5.43 Å². The van der Waals surface area contributed by atoms with Crippen LogP contribution in [0.3, 0.4) is 0 Å². The van der Waals surface area contributed by atoms with Crippen LogP contribution in [0.4, 0.5) is 4.39 Å². The number of hydrogen-bond donors (Lipinski definition) is 0. The van der Waals surface area contributed by atoms with Crippen molar-refractivity contribution in [1.29, 1.82) is 0 Å². The van der Waals surface area contributed by atoms with Gasteiger partial charge in [0, 0.05) is 26.1 Å². The molecule has 46 heavy (non-hydrogen) atoms. The Morgan fingerprint density at radius 1 is 0.826 bits per heavy atom. The zero-order chi connectivity index (χ0) is 32.6.